The highest BCUT2D eigenvalue weighted by atomic mass is 35.5. The quantitative estimate of drug-likeness (QED) is 0.136. The number of carbonyl (C=O) groups is 3. The lowest BCUT2D eigenvalue weighted by Crippen LogP contribution is -2.40. The van der Waals surface area contributed by atoms with Crippen LogP contribution in [-0.4, -0.2) is 114 Å². The van der Waals surface area contributed by atoms with Gasteiger partial charge in [-0.15, -0.1) is 0 Å². The van der Waals surface area contributed by atoms with Crippen LogP contribution >= 0.6 is 11.6 Å². The number of benzene rings is 1. The lowest BCUT2D eigenvalue weighted by molar-refractivity contribution is -0.134. The molecule has 8 heterocycles. The number of anilines is 2. The molecular weight excluding hydrogens is 836 g/mol. The minimum absolute atomic E-state index is 0.0258. The first-order valence-corrected chi connectivity index (χ1v) is 22.2. The summed E-state index contributed by atoms with van der Waals surface area (Å²) in [6.07, 6.45) is 8.81. The highest BCUT2D eigenvalue weighted by molar-refractivity contribution is 6.33. The largest absolute Gasteiger partial charge is 0.374 e. The number of carbonyl (C=O) groups excluding carboxylic acids is 3. The topological polar surface area (TPSA) is 166 Å². The van der Waals surface area contributed by atoms with Gasteiger partial charge in [0.25, 0.3) is 12.3 Å². The van der Waals surface area contributed by atoms with E-state index in [4.69, 9.17) is 26.1 Å². The van der Waals surface area contributed by atoms with Crippen LogP contribution in [0.5, 0.6) is 0 Å². The Morgan fingerprint density at radius 2 is 1.90 bits per heavy atom. The van der Waals surface area contributed by atoms with Gasteiger partial charge in [0, 0.05) is 51.2 Å². The second-order valence-electron chi connectivity index (χ2n) is 17.4. The number of morpholine rings is 1. The number of ether oxygens (including phenoxy) is 2. The number of imide groups is 1. The number of aromatic nitrogens is 7. The molecule has 5 fully saturated rings. The van der Waals surface area contributed by atoms with Crippen LogP contribution < -0.4 is 15.5 Å². The normalized spacial score (nSPS) is 24.4. The molecule has 0 spiro atoms. The van der Waals surface area contributed by atoms with Crippen molar-refractivity contribution in [3.8, 4) is 11.8 Å². The number of rotatable bonds is 10. The molecule has 1 unspecified atom stereocenters. The zero-order chi connectivity index (χ0) is 43.4. The summed E-state index contributed by atoms with van der Waals surface area (Å²) in [5.74, 6) is 5.82. The van der Waals surface area contributed by atoms with Crippen molar-refractivity contribution in [1.82, 2.24) is 44.4 Å². The van der Waals surface area contributed by atoms with Gasteiger partial charge in [0.1, 0.15) is 17.2 Å². The molecule has 16 nitrogen and oxygen atoms in total. The average molecular weight is 884 g/mol. The molecule has 2 N–H and O–H groups in total. The molecule has 1 saturated carbocycles. The molecule has 2 bridgehead atoms. The molecule has 1 aliphatic carbocycles. The number of halogens is 3. The fourth-order valence-electron chi connectivity index (χ4n) is 10.1. The zero-order valence-corrected chi connectivity index (χ0v) is 35.6. The summed E-state index contributed by atoms with van der Waals surface area (Å²) in [4.78, 5) is 47.1. The molecule has 3 atom stereocenters. The van der Waals surface area contributed by atoms with Gasteiger partial charge in [-0.25, -0.2) is 18.3 Å². The maximum atomic E-state index is 14.3. The van der Waals surface area contributed by atoms with Crippen molar-refractivity contribution in [3.05, 3.63) is 64.3 Å². The Labute approximate surface area is 366 Å². The van der Waals surface area contributed by atoms with Gasteiger partial charge in [0.2, 0.25) is 11.8 Å². The number of amides is 3. The molecule has 4 aliphatic heterocycles. The molecule has 19 heteroatoms. The zero-order valence-electron chi connectivity index (χ0n) is 34.8. The minimum Gasteiger partial charge on any atom is -0.374 e. The maximum Gasteiger partial charge on any atom is 0.284 e. The van der Waals surface area contributed by atoms with Gasteiger partial charge < -0.3 is 24.6 Å². The number of piperidine rings is 2. The van der Waals surface area contributed by atoms with E-state index < -0.39 is 23.9 Å². The summed E-state index contributed by atoms with van der Waals surface area (Å²) in [5, 5.41) is 19.6. The molecule has 330 valence electrons. The Bertz CT molecular complexity index is 2640. The number of hydrogen-bond donors (Lipinski definition) is 2. The summed E-state index contributed by atoms with van der Waals surface area (Å²) in [6.45, 7) is 4.39. The Balaban J connectivity index is 0.700. The number of likely N-dealkylation sites (tertiary alicyclic amines) is 1. The summed E-state index contributed by atoms with van der Waals surface area (Å²) < 4.78 is 45.3. The molecular formula is C44H48ClF2N11O5. The highest BCUT2D eigenvalue weighted by Gasteiger charge is 2.41. The van der Waals surface area contributed by atoms with E-state index in [0.29, 0.717) is 55.1 Å². The molecule has 1 aromatic carbocycles. The molecule has 3 amide bonds. The number of aryl methyl sites for hydroxylation is 1. The minimum atomic E-state index is -2.87. The molecule has 4 aromatic heterocycles. The van der Waals surface area contributed by atoms with Crippen molar-refractivity contribution in [3.63, 3.8) is 0 Å². The standard InChI is InChI=1S/C44H48ClF2N11O5/c1-54-39-26(4-2-6-31(39)37(52-54)32-11-12-36(59)50-43(32)60)5-3-17-62-29-13-15-55(16-14-29)20-25-7-9-27(10-8-25)57-23-35(38(53-57)40(46)47)49-44(61)33-19-48-58-22-34(45)42(51-41(33)58)56-21-30-18-28(56)24-63-30/h2,4,6,19,22-23,25,27-30,32,40H,7-18,20-21,24H2,1H3,(H,49,61)(H,50,59,60)/t25?,27?,28-,30-,32?/m1/s1. The van der Waals surface area contributed by atoms with E-state index in [1.165, 1.54) is 16.9 Å². The van der Waals surface area contributed by atoms with Gasteiger partial charge in [-0.2, -0.15) is 15.3 Å². The van der Waals surface area contributed by atoms with Crippen LogP contribution in [0.4, 0.5) is 20.3 Å². The van der Waals surface area contributed by atoms with Crippen LogP contribution in [0.2, 0.25) is 5.02 Å². The molecule has 0 radical (unpaired) electrons. The van der Waals surface area contributed by atoms with Crippen molar-refractivity contribution in [2.24, 2.45) is 13.0 Å². The van der Waals surface area contributed by atoms with Crippen LogP contribution in [0.25, 0.3) is 16.6 Å². The van der Waals surface area contributed by atoms with Crippen molar-refractivity contribution in [1.29, 1.82) is 0 Å². The summed E-state index contributed by atoms with van der Waals surface area (Å²) in [6, 6.07) is 5.90. The van der Waals surface area contributed by atoms with E-state index in [2.05, 4.69) is 47.6 Å². The predicted molar refractivity (Wildman–Crippen MR) is 228 cm³/mol. The maximum absolute atomic E-state index is 14.3. The van der Waals surface area contributed by atoms with Crippen molar-refractivity contribution in [2.45, 2.75) is 94.4 Å². The molecule has 63 heavy (non-hydrogen) atoms. The summed E-state index contributed by atoms with van der Waals surface area (Å²) in [7, 11) is 1.84. The third kappa shape index (κ3) is 8.27. The number of para-hydroxylation sites is 1. The second kappa shape index (κ2) is 17.2. The van der Waals surface area contributed by atoms with Gasteiger partial charge in [0.05, 0.1) is 71.7 Å². The Kier molecular flexibility index (Phi) is 11.4. The first kappa shape index (κ1) is 41.5. The molecule has 5 aliphatic rings. The third-order valence-corrected chi connectivity index (χ3v) is 13.6. The van der Waals surface area contributed by atoms with Crippen LogP contribution in [0.1, 0.15) is 103 Å². The molecule has 5 aromatic rings. The SMILES string of the molecule is Cn1nc(C2CCC(=O)NC2=O)c2cccc(C#CCOC3CCN(CC4CCC(n5cc(NC(=O)c6cnn7cc(Cl)c(N8C[C@H]9C[C@@H]8CO9)nc67)c(C(F)F)n5)CC4)CC3)c21. The van der Waals surface area contributed by atoms with Gasteiger partial charge in [-0.1, -0.05) is 35.6 Å². The summed E-state index contributed by atoms with van der Waals surface area (Å²) >= 11 is 6.58. The van der Waals surface area contributed by atoms with E-state index >= 15 is 0 Å². The summed E-state index contributed by atoms with van der Waals surface area (Å²) in [5.41, 5.74) is 2.25. The van der Waals surface area contributed by atoms with E-state index in [9.17, 15) is 23.2 Å². The van der Waals surface area contributed by atoms with Gasteiger partial charge >= 0.3 is 0 Å². The molecule has 10 rings (SSSR count). The molecule has 4 saturated heterocycles. The van der Waals surface area contributed by atoms with Crippen LogP contribution in [0, 0.1) is 17.8 Å². The number of alkyl halides is 2. The predicted octanol–water partition coefficient (Wildman–Crippen LogP) is 5.42. The van der Waals surface area contributed by atoms with E-state index in [0.717, 1.165) is 81.0 Å². The fourth-order valence-corrected chi connectivity index (χ4v) is 10.4. The van der Waals surface area contributed by atoms with Gasteiger partial charge in [-0.05, 0) is 63.4 Å². The monoisotopic (exact) mass is 883 g/mol. The van der Waals surface area contributed by atoms with E-state index in [1.54, 1.807) is 15.6 Å². The smallest absolute Gasteiger partial charge is 0.284 e. The van der Waals surface area contributed by atoms with E-state index in [-0.39, 0.29) is 53.0 Å². The number of nitrogens with one attached hydrogen (secondary N) is 2. The Morgan fingerprint density at radius 1 is 1.08 bits per heavy atom. The van der Waals surface area contributed by atoms with Gasteiger partial charge in [0.15, 0.2) is 17.2 Å². The van der Waals surface area contributed by atoms with Crippen LogP contribution in [0.15, 0.2) is 36.8 Å². The fraction of sp³-hybridized carbons (Fsp3) is 0.523. The number of hydrogen-bond acceptors (Lipinski definition) is 11. The van der Waals surface area contributed by atoms with Crippen molar-refractivity contribution < 1.29 is 32.6 Å². The Morgan fingerprint density at radius 3 is 2.65 bits per heavy atom. The first-order chi connectivity index (χ1) is 30.6. The average Bonchev–Trinajstić information content (AvgIpc) is 4.13. The van der Waals surface area contributed by atoms with Crippen molar-refractivity contribution >= 4 is 57.4 Å². The second-order valence-corrected chi connectivity index (χ2v) is 17.8. The number of nitrogens with zero attached hydrogens (tertiary/aromatic N) is 9. The lowest BCUT2D eigenvalue weighted by Gasteiger charge is -2.36. The highest BCUT2D eigenvalue weighted by Crippen LogP contribution is 2.38. The van der Waals surface area contributed by atoms with Crippen LogP contribution in [0.3, 0.4) is 0 Å². The first-order valence-electron chi connectivity index (χ1n) is 21.8. The Hall–Kier alpha value is -5.48. The van der Waals surface area contributed by atoms with Crippen molar-refractivity contribution in [2.75, 3.05) is 49.6 Å². The third-order valence-electron chi connectivity index (χ3n) is 13.4. The number of fused-ring (bicyclic) bond motifs is 4. The van der Waals surface area contributed by atoms with Gasteiger partial charge in [-0.3, -0.25) is 29.1 Å². The van der Waals surface area contributed by atoms with E-state index in [1.807, 2.05) is 25.2 Å². The van der Waals surface area contributed by atoms with Crippen LogP contribution in [-0.2, 0) is 26.1 Å². The lowest BCUT2D eigenvalue weighted by atomic mass is 9.85.